The topological polar surface area (TPSA) is 34.1 Å². The predicted molar refractivity (Wildman–Crippen MR) is 89.8 cm³/mol. The summed E-state index contributed by atoms with van der Waals surface area (Å²) in [6.07, 6.45) is 7.87. The Morgan fingerprint density at radius 1 is 1.29 bits per heavy atom. The predicted octanol–water partition coefficient (Wildman–Crippen LogP) is 4.47. The summed E-state index contributed by atoms with van der Waals surface area (Å²) in [5, 5.41) is 4.71. The Hall–Kier alpha value is -0.450. The number of rotatable bonds is 7. The van der Waals surface area contributed by atoms with Gasteiger partial charge in [0.05, 0.1) is 5.69 Å². The SMILES string of the molecule is CCc1nc(C(OC)C2CCCCC2)sc1CNC(C)C. The summed E-state index contributed by atoms with van der Waals surface area (Å²) in [5.41, 5.74) is 1.25. The van der Waals surface area contributed by atoms with E-state index in [-0.39, 0.29) is 6.10 Å². The summed E-state index contributed by atoms with van der Waals surface area (Å²) >= 11 is 1.85. The van der Waals surface area contributed by atoms with Gasteiger partial charge >= 0.3 is 0 Å². The van der Waals surface area contributed by atoms with Crippen molar-refractivity contribution in [1.82, 2.24) is 10.3 Å². The van der Waals surface area contributed by atoms with Crippen molar-refractivity contribution in [2.45, 2.75) is 78.0 Å². The molecular formula is C17H30N2OS. The number of ether oxygens (including phenoxy) is 1. The lowest BCUT2D eigenvalue weighted by Gasteiger charge is -2.27. The third-order valence-corrected chi connectivity index (χ3v) is 5.53. The van der Waals surface area contributed by atoms with E-state index in [0.29, 0.717) is 12.0 Å². The number of aryl methyl sites for hydroxylation is 1. The molecule has 3 nitrogen and oxygen atoms in total. The molecule has 21 heavy (non-hydrogen) atoms. The fraction of sp³-hybridized carbons (Fsp3) is 0.824. The molecule has 1 unspecified atom stereocenters. The monoisotopic (exact) mass is 310 g/mol. The Balaban J connectivity index is 2.13. The first-order valence-electron chi connectivity index (χ1n) is 8.40. The van der Waals surface area contributed by atoms with Gasteiger partial charge in [-0.2, -0.15) is 0 Å². The first kappa shape index (κ1) is 16.9. The summed E-state index contributed by atoms with van der Waals surface area (Å²) in [4.78, 5) is 6.29. The van der Waals surface area contributed by atoms with E-state index in [2.05, 4.69) is 26.1 Å². The number of methoxy groups -OCH3 is 1. The van der Waals surface area contributed by atoms with E-state index in [4.69, 9.17) is 9.72 Å². The zero-order valence-corrected chi connectivity index (χ0v) is 14.8. The van der Waals surface area contributed by atoms with Crippen molar-refractivity contribution < 1.29 is 4.74 Å². The maximum Gasteiger partial charge on any atom is 0.122 e. The minimum atomic E-state index is 0.202. The summed E-state index contributed by atoms with van der Waals surface area (Å²) in [6, 6.07) is 0.511. The third-order valence-electron chi connectivity index (χ3n) is 4.38. The van der Waals surface area contributed by atoms with Crippen molar-refractivity contribution >= 4 is 11.3 Å². The van der Waals surface area contributed by atoms with Gasteiger partial charge in [-0.1, -0.05) is 40.0 Å². The lowest BCUT2D eigenvalue weighted by atomic mass is 9.85. The zero-order chi connectivity index (χ0) is 15.2. The molecule has 1 heterocycles. The molecule has 0 radical (unpaired) electrons. The van der Waals surface area contributed by atoms with Crippen LogP contribution in [0.25, 0.3) is 0 Å². The first-order chi connectivity index (χ1) is 10.2. The average Bonchev–Trinajstić information content (AvgIpc) is 2.90. The van der Waals surface area contributed by atoms with Gasteiger partial charge in [0.25, 0.3) is 0 Å². The highest BCUT2D eigenvalue weighted by Gasteiger charge is 2.28. The van der Waals surface area contributed by atoms with Crippen LogP contribution in [0.4, 0.5) is 0 Å². The number of nitrogens with zero attached hydrogens (tertiary/aromatic N) is 1. The van der Waals surface area contributed by atoms with Crippen LogP contribution in [-0.4, -0.2) is 18.1 Å². The highest BCUT2D eigenvalue weighted by atomic mass is 32.1. The van der Waals surface area contributed by atoms with Crippen LogP contribution in [0.3, 0.4) is 0 Å². The largest absolute Gasteiger partial charge is 0.374 e. The first-order valence-corrected chi connectivity index (χ1v) is 9.22. The van der Waals surface area contributed by atoms with E-state index in [1.807, 2.05) is 18.4 Å². The fourth-order valence-electron chi connectivity index (χ4n) is 3.17. The van der Waals surface area contributed by atoms with Crippen LogP contribution < -0.4 is 5.32 Å². The smallest absolute Gasteiger partial charge is 0.122 e. The Morgan fingerprint density at radius 2 is 2.00 bits per heavy atom. The van der Waals surface area contributed by atoms with E-state index in [1.165, 1.54) is 47.7 Å². The van der Waals surface area contributed by atoms with Crippen molar-refractivity contribution in [3.63, 3.8) is 0 Å². The second-order valence-electron chi connectivity index (χ2n) is 6.37. The van der Waals surface area contributed by atoms with Gasteiger partial charge in [0.2, 0.25) is 0 Å². The molecular weight excluding hydrogens is 280 g/mol. The molecule has 1 aliphatic rings. The molecule has 0 aliphatic heterocycles. The lowest BCUT2D eigenvalue weighted by Crippen LogP contribution is -2.21. The molecule has 1 aromatic rings. The van der Waals surface area contributed by atoms with Crippen LogP contribution in [0, 0.1) is 5.92 Å². The van der Waals surface area contributed by atoms with Gasteiger partial charge in [-0.15, -0.1) is 11.3 Å². The minimum absolute atomic E-state index is 0.202. The molecule has 1 aromatic heterocycles. The van der Waals surface area contributed by atoms with Crippen LogP contribution in [0.1, 0.15) is 74.6 Å². The maximum absolute atomic E-state index is 5.84. The molecule has 0 bridgehead atoms. The molecule has 2 rings (SSSR count). The van der Waals surface area contributed by atoms with E-state index in [0.717, 1.165) is 13.0 Å². The van der Waals surface area contributed by atoms with Gasteiger partial charge in [-0.25, -0.2) is 4.98 Å². The number of thiazole rings is 1. The van der Waals surface area contributed by atoms with Crippen molar-refractivity contribution in [3.05, 3.63) is 15.6 Å². The highest BCUT2D eigenvalue weighted by molar-refractivity contribution is 7.11. The molecule has 1 aliphatic carbocycles. The van der Waals surface area contributed by atoms with E-state index in [1.54, 1.807) is 0 Å². The van der Waals surface area contributed by atoms with Crippen LogP contribution in [0.15, 0.2) is 0 Å². The zero-order valence-electron chi connectivity index (χ0n) is 13.9. The molecule has 1 N–H and O–H groups in total. The lowest BCUT2D eigenvalue weighted by molar-refractivity contribution is 0.0351. The quantitative estimate of drug-likeness (QED) is 0.806. The second kappa shape index (κ2) is 8.25. The van der Waals surface area contributed by atoms with E-state index in [9.17, 15) is 0 Å². The van der Waals surface area contributed by atoms with Crippen LogP contribution in [0.2, 0.25) is 0 Å². The summed E-state index contributed by atoms with van der Waals surface area (Å²) in [6.45, 7) is 7.50. The van der Waals surface area contributed by atoms with E-state index < -0.39 is 0 Å². The van der Waals surface area contributed by atoms with Crippen LogP contribution in [-0.2, 0) is 17.7 Å². The molecule has 0 amide bonds. The molecule has 1 fully saturated rings. The molecule has 0 saturated heterocycles. The molecule has 0 spiro atoms. The minimum Gasteiger partial charge on any atom is -0.374 e. The Kier molecular flexibility index (Phi) is 6.65. The summed E-state index contributed by atoms with van der Waals surface area (Å²) < 4.78 is 5.84. The Morgan fingerprint density at radius 3 is 2.57 bits per heavy atom. The Labute approximate surface area is 133 Å². The fourth-order valence-corrected chi connectivity index (χ4v) is 4.44. The second-order valence-corrected chi connectivity index (χ2v) is 7.48. The molecule has 1 saturated carbocycles. The summed E-state index contributed by atoms with van der Waals surface area (Å²) in [5.74, 6) is 0.658. The van der Waals surface area contributed by atoms with Crippen molar-refractivity contribution in [2.75, 3.05) is 7.11 Å². The average molecular weight is 311 g/mol. The van der Waals surface area contributed by atoms with Crippen molar-refractivity contribution in [3.8, 4) is 0 Å². The van der Waals surface area contributed by atoms with Crippen LogP contribution in [0.5, 0.6) is 0 Å². The summed E-state index contributed by atoms with van der Waals surface area (Å²) in [7, 11) is 1.85. The van der Waals surface area contributed by atoms with Gasteiger partial charge in [0.1, 0.15) is 11.1 Å². The van der Waals surface area contributed by atoms with E-state index >= 15 is 0 Å². The molecule has 4 heteroatoms. The van der Waals surface area contributed by atoms with Crippen molar-refractivity contribution in [2.24, 2.45) is 5.92 Å². The normalized spacial score (nSPS) is 18.3. The van der Waals surface area contributed by atoms with Gasteiger partial charge < -0.3 is 10.1 Å². The number of nitrogens with one attached hydrogen (secondary N) is 1. The standard InChI is InChI=1S/C17H30N2OS/c1-5-14-15(11-18-12(2)3)21-17(19-14)16(20-4)13-9-7-6-8-10-13/h12-13,16,18H,5-11H2,1-4H3. The Bertz CT molecular complexity index is 424. The molecule has 1 atom stereocenters. The highest BCUT2D eigenvalue weighted by Crippen LogP contribution is 2.38. The number of aromatic nitrogens is 1. The van der Waals surface area contributed by atoms with Gasteiger partial charge in [-0.05, 0) is 25.2 Å². The number of hydrogen-bond donors (Lipinski definition) is 1. The van der Waals surface area contributed by atoms with Crippen LogP contribution >= 0.6 is 11.3 Å². The maximum atomic E-state index is 5.84. The van der Waals surface area contributed by atoms with Gasteiger partial charge in [0, 0.05) is 24.6 Å². The molecule has 120 valence electrons. The van der Waals surface area contributed by atoms with Gasteiger partial charge in [0.15, 0.2) is 0 Å². The number of hydrogen-bond acceptors (Lipinski definition) is 4. The molecule has 0 aromatic carbocycles. The van der Waals surface area contributed by atoms with Crippen molar-refractivity contribution in [1.29, 1.82) is 0 Å². The third kappa shape index (κ3) is 4.51. The van der Waals surface area contributed by atoms with Gasteiger partial charge in [-0.3, -0.25) is 0 Å².